The van der Waals surface area contributed by atoms with Crippen molar-refractivity contribution in [2.45, 2.75) is 20.0 Å². The van der Waals surface area contributed by atoms with E-state index >= 15 is 0 Å². The van der Waals surface area contributed by atoms with E-state index in [-0.39, 0.29) is 17.2 Å². The molecule has 0 aliphatic heterocycles. The number of rotatable bonds is 2. The van der Waals surface area contributed by atoms with Gasteiger partial charge in [-0.15, -0.1) is 0 Å². The molecule has 0 bridgehead atoms. The minimum atomic E-state index is -4.39. The van der Waals surface area contributed by atoms with E-state index in [2.05, 4.69) is 4.98 Å². The van der Waals surface area contributed by atoms with Crippen LogP contribution in [0.3, 0.4) is 0 Å². The molecule has 0 saturated carbocycles. The van der Waals surface area contributed by atoms with Gasteiger partial charge in [0, 0.05) is 5.69 Å². The summed E-state index contributed by atoms with van der Waals surface area (Å²) in [5.41, 5.74) is 0.865. The van der Waals surface area contributed by atoms with E-state index in [9.17, 15) is 13.2 Å². The van der Waals surface area contributed by atoms with Gasteiger partial charge in [-0.05, 0) is 49.7 Å². The Kier molecular flexibility index (Phi) is 3.85. The molecule has 21 heavy (non-hydrogen) atoms. The molecule has 0 N–H and O–H groups in total. The average Bonchev–Trinajstić information content (AvgIpc) is 2.38. The van der Waals surface area contributed by atoms with E-state index in [1.807, 2.05) is 6.07 Å². The van der Waals surface area contributed by atoms with E-state index in [0.717, 1.165) is 12.1 Å². The summed E-state index contributed by atoms with van der Waals surface area (Å²) >= 11 is 0. The normalized spacial score (nSPS) is 11.0. The number of aryl methyl sites for hydroxylation is 2. The monoisotopic (exact) mass is 292 g/mol. The number of halogens is 3. The predicted octanol–water partition coefficient (Wildman–Crippen LogP) is 4.38. The third kappa shape index (κ3) is 3.31. The van der Waals surface area contributed by atoms with Gasteiger partial charge in [0.1, 0.15) is 17.4 Å². The van der Waals surface area contributed by atoms with Gasteiger partial charge in [-0.1, -0.05) is 0 Å². The van der Waals surface area contributed by atoms with Gasteiger partial charge in [0.05, 0.1) is 5.56 Å². The van der Waals surface area contributed by atoms with Crippen LogP contribution in [0.5, 0.6) is 11.6 Å². The van der Waals surface area contributed by atoms with Crippen molar-refractivity contribution in [2.24, 2.45) is 0 Å². The largest absolute Gasteiger partial charge is 0.438 e. The molecule has 0 saturated heterocycles. The molecule has 2 aromatic rings. The van der Waals surface area contributed by atoms with Crippen LogP contribution in [0.2, 0.25) is 0 Å². The molecule has 0 atom stereocenters. The zero-order valence-electron chi connectivity index (χ0n) is 11.3. The van der Waals surface area contributed by atoms with Crippen molar-refractivity contribution in [1.29, 1.82) is 5.26 Å². The molecule has 0 fully saturated rings. The van der Waals surface area contributed by atoms with Crippen LogP contribution >= 0.6 is 0 Å². The first-order chi connectivity index (χ1) is 9.81. The molecule has 6 heteroatoms. The standard InChI is InChI=1S/C15H11F3N2O/c1-9-7-10(2)20-14(13(9)8-19)21-12-5-3-11(4-6-12)15(16,17)18/h3-7H,1-2H3. The topological polar surface area (TPSA) is 45.9 Å². The molecule has 0 aliphatic rings. The van der Waals surface area contributed by atoms with E-state index in [0.29, 0.717) is 11.3 Å². The lowest BCUT2D eigenvalue weighted by Gasteiger charge is -2.10. The Bertz CT molecular complexity index is 701. The fourth-order valence-electron chi connectivity index (χ4n) is 1.84. The van der Waals surface area contributed by atoms with Crippen molar-refractivity contribution >= 4 is 0 Å². The second kappa shape index (κ2) is 5.44. The summed E-state index contributed by atoms with van der Waals surface area (Å²) in [5, 5.41) is 9.10. The molecule has 2 rings (SSSR count). The van der Waals surface area contributed by atoms with E-state index in [1.54, 1.807) is 19.9 Å². The first kappa shape index (κ1) is 14.9. The van der Waals surface area contributed by atoms with Crippen molar-refractivity contribution in [1.82, 2.24) is 4.98 Å². The third-order valence-electron chi connectivity index (χ3n) is 2.82. The first-order valence-electron chi connectivity index (χ1n) is 6.04. The number of nitrogens with zero attached hydrogens (tertiary/aromatic N) is 2. The van der Waals surface area contributed by atoms with Gasteiger partial charge >= 0.3 is 6.18 Å². The smallest absolute Gasteiger partial charge is 0.416 e. The van der Waals surface area contributed by atoms with Gasteiger partial charge < -0.3 is 4.74 Å². The molecule has 3 nitrogen and oxygen atoms in total. The SMILES string of the molecule is Cc1cc(C)c(C#N)c(Oc2ccc(C(F)(F)F)cc2)n1. The van der Waals surface area contributed by atoms with Gasteiger partial charge in [0.2, 0.25) is 5.88 Å². The van der Waals surface area contributed by atoms with Crippen molar-refractivity contribution < 1.29 is 17.9 Å². The molecule has 1 aromatic heterocycles. The number of benzene rings is 1. The Labute approximate surface area is 119 Å². The van der Waals surface area contributed by atoms with Crippen LogP contribution in [-0.4, -0.2) is 4.98 Å². The van der Waals surface area contributed by atoms with Crippen LogP contribution in [0.15, 0.2) is 30.3 Å². The highest BCUT2D eigenvalue weighted by Gasteiger charge is 2.30. The zero-order chi connectivity index (χ0) is 15.6. The number of nitriles is 1. The van der Waals surface area contributed by atoms with Crippen molar-refractivity contribution in [3.63, 3.8) is 0 Å². The number of alkyl halides is 3. The van der Waals surface area contributed by atoms with E-state index < -0.39 is 11.7 Å². The lowest BCUT2D eigenvalue weighted by Crippen LogP contribution is -2.04. The Morgan fingerprint density at radius 3 is 2.29 bits per heavy atom. The molecule has 0 radical (unpaired) electrons. The minimum absolute atomic E-state index is 0.0924. The van der Waals surface area contributed by atoms with Crippen molar-refractivity contribution in [3.8, 4) is 17.7 Å². The van der Waals surface area contributed by atoms with E-state index in [4.69, 9.17) is 10.00 Å². The maximum absolute atomic E-state index is 12.5. The maximum Gasteiger partial charge on any atom is 0.416 e. The van der Waals surface area contributed by atoms with Gasteiger partial charge in [0.25, 0.3) is 0 Å². The summed E-state index contributed by atoms with van der Waals surface area (Å²) in [6, 6.07) is 7.95. The molecule has 0 spiro atoms. The Hall–Kier alpha value is -2.55. The van der Waals surface area contributed by atoms with Gasteiger partial charge in [-0.3, -0.25) is 0 Å². The zero-order valence-corrected chi connectivity index (χ0v) is 11.3. The molecule has 108 valence electrons. The van der Waals surface area contributed by atoms with Gasteiger partial charge in [-0.25, -0.2) is 4.98 Å². The van der Waals surface area contributed by atoms with Crippen LogP contribution in [0.4, 0.5) is 13.2 Å². The summed E-state index contributed by atoms with van der Waals surface area (Å²) in [5.74, 6) is 0.284. The summed E-state index contributed by atoms with van der Waals surface area (Å²) in [6.45, 7) is 3.49. The summed E-state index contributed by atoms with van der Waals surface area (Å²) in [7, 11) is 0. The lowest BCUT2D eigenvalue weighted by atomic mass is 10.1. The number of aromatic nitrogens is 1. The third-order valence-corrected chi connectivity index (χ3v) is 2.82. The highest BCUT2D eigenvalue weighted by atomic mass is 19.4. The van der Waals surface area contributed by atoms with Crippen molar-refractivity contribution in [3.05, 3.63) is 52.7 Å². The summed E-state index contributed by atoms with van der Waals surface area (Å²) in [6.07, 6.45) is -4.39. The molecular formula is C15H11F3N2O. The number of pyridine rings is 1. The highest BCUT2D eigenvalue weighted by Crippen LogP contribution is 2.32. The average molecular weight is 292 g/mol. The number of hydrogen-bond donors (Lipinski definition) is 0. The lowest BCUT2D eigenvalue weighted by molar-refractivity contribution is -0.137. The summed E-state index contributed by atoms with van der Waals surface area (Å²) in [4.78, 5) is 4.10. The Morgan fingerprint density at radius 2 is 1.76 bits per heavy atom. The van der Waals surface area contributed by atoms with Crippen LogP contribution in [0.1, 0.15) is 22.4 Å². The molecule has 1 aromatic carbocycles. The number of ether oxygens (including phenoxy) is 1. The predicted molar refractivity (Wildman–Crippen MR) is 69.9 cm³/mol. The van der Waals surface area contributed by atoms with Gasteiger partial charge in [-0.2, -0.15) is 18.4 Å². The minimum Gasteiger partial charge on any atom is -0.438 e. The molecule has 1 heterocycles. The van der Waals surface area contributed by atoms with Crippen LogP contribution in [0.25, 0.3) is 0 Å². The highest BCUT2D eigenvalue weighted by molar-refractivity contribution is 5.47. The second-order valence-electron chi connectivity index (χ2n) is 4.50. The fourth-order valence-corrected chi connectivity index (χ4v) is 1.84. The molecule has 0 amide bonds. The number of hydrogen-bond acceptors (Lipinski definition) is 3. The second-order valence-corrected chi connectivity index (χ2v) is 4.50. The molecular weight excluding hydrogens is 281 g/mol. The Morgan fingerprint density at radius 1 is 1.14 bits per heavy atom. The molecule has 0 aliphatic carbocycles. The fraction of sp³-hybridized carbons (Fsp3) is 0.200. The van der Waals surface area contributed by atoms with Crippen LogP contribution in [-0.2, 0) is 6.18 Å². The Balaban J connectivity index is 2.33. The first-order valence-corrected chi connectivity index (χ1v) is 6.04. The maximum atomic E-state index is 12.5. The quantitative estimate of drug-likeness (QED) is 0.825. The van der Waals surface area contributed by atoms with Crippen LogP contribution in [0, 0.1) is 25.2 Å². The van der Waals surface area contributed by atoms with Crippen molar-refractivity contribution in [2.75, 3.05) is 0 Å². The van der Waals surface area contributed by atoms with Crippen LogP contribution < -0.4 is 4.74 Å². The van der Waals surface area contributed by atoms with Gasteiger partial charge in [0.15, 0.2) is 0 Å². The summed E-state index contributed by atoms with van der Waals surface area (Å²) < 4.78 is 42.9. The molecule has 0 unspecified atom stereocenters. The van der Waals surface area contributed by atoms with E-state index in [1.165, 1.54) is 12.1 Å².